The number of anilines is 1. The van der Waals surface area contributed by atoms with Gasteiger partial charge in [-0.3, -0.25) is 0 Å². The molecule has 1 aromatic rings. The van der Waals surface area contributed by atoms with Crippen LogP contribution >= 0.6 is 11.8 Å². The molecule has 1 aromatic heterocycles. The van der Waals surface area contributed by atoms with Crippen molar-refractivity contribution in [3.63, 3.8) is 0 Å². The lowest BCUT2D eigenvalue weighted by Gasteiger charge is -2.34. The molecule has 2 N–H and O–H groups in total. The number of sulfone groups is 1. The van der Waals surface area contributed by atoms with Gasteiger partial charge in [-0.15, -0.1) is 0 Å². The zero-order valence-corrected chi connectivity index (χ0v) is 12.5. The fourth-order valence-electron chi connectivity index (χ4n) is 1.94. The molecule has 1 atom stereocenters. The number of rotatable bonds is 4. The Morgan fingerprint density at radius 1 is 1.58 bits per heavy atom. The molecule has 0 bridgehead atoms. The van der Waals surface area contributed by atoms with Gasteiger partial charge in [0.05, 0.1) is 5.69 Å². The second kappa shape index (κ2) is 6.06. The SMILES string of the molecule is CCS(=O)(=O)C1CSCCN1c1nccc(CN)n1. The molecule has 0 aromatic carbocycles. The van der Waals surface area contributed by atoms with E-state index in [1.165, 1.54) is 0 Å². The summed E-state index contributed by atoms with van der Waals surface area (Å²) in [6.07, 6.45) is 1.63. The molecule has 19 heavy (non-hydrogen) atoms. The number of hydrogen-bond donors (Lipinski definition) is 1. The van der Waals surface area contributed by atoms with Gasteiger partial charge in [0.15, 0.2) is 9.84 Å². The summed E-state index contributed by atoms with van der Waals surface area (Å²) in [5.41, 5.74) is 6.28. The van der Waals surface area contributed by atoms with Crippen LogP contribution in [0.5, 0.6) is 0 Å². The molecule has 1 aliphatic rings. The van der Waals surface area contributed by atoms with E-state index in [0.29, 0.717) is 24.8 Å². The van der Waals surface area contributed by atoms with Crippen molar-refractivity contribution in [3.05, 3.63) is 18.0 Å². The Balaban J connectivity index is 2.34. The molecule has 2 heterocycles. The topological polar surface area (TPSA) is 89.2 Å². The molecule has 2 rings (SSSR count). The first kappa shape index (κ1) is 14.5. The molecule has 1 fully saturated rings. The van der Waals surface area contributed by atoms with Gasteiger partial charge in [0.25, 0.3) is 0 Å². The van der Waals surface area contributed by atoms with Crippen LogP contribution in [0.25, 0.3) is 0 Å². The summed E-state index contributed by atoms with van der Waals surface area (Å²) in [6, 6.07) is 1.74. The van der Waals surface area contributed by atoms with Gasteiger partial charge in [-0.1, -0.05) is 6.92 Å². The number of aromatic nitrogens is 2. The number of thioether (sulfide) groups is 1. The third-order valence-electron chi connectivity index (χ3n) is 3.07. The third kappa shape index (κ3) is 3.18. The zero-order chi connectivity index (χ0) is 13.9. The Morgan fingerprint density at radius 2 is 2.37 bits per heavy atom. The fourth-order valence-corrected chi connectivity index (χ4v) is 4.90. The van der Waals surface area contributed by atoms with Crippen molar-refractivity contribution in [2.75, 3.05) is 28.7 Å². The number of hydrogen-bond acceptors (Lipinski definition) is 7. The lowest BCUT2D eigenvalue weighted by atomic mass is 10.4. The normalized spacial score (nSPS) is 20.5. The van der Waals surface area contributed by atoms with E-state index in [-0.39, 0.29) is 5.75 Å². The highest BCUT2D eigenvalue weighted by molar-refractivity contribution is 8.01. The average molecular weight is 302 g/mol. The van der Waals surface area contributed by atoms with Crippen LogP contribution in [0.15, 0.2) is 12.3 Å². The summed E-state index contributed by atoms with van der Waals surface area (Å²) in [5, 5.41) is -0.538. The third-order valence-corrected chi connectivity index (χ3v) is 6.36. The molecule has 6 nitrogen and oxygen atoms in total. The van der Waals surface area contributed by atoms with E-state index < -0.39 is 15.2 Å². The van der Waals surface area contributed by atoms with Crippen LogP contribution in [0.3, 0.4) is 0 Å². The minimum Gasteiger partial charge on any atom is -0.325 e. The molecular formula is C11H18N4O2S2. The predicted octanol–water partition coefficient (Wildman–Crippen LogP) is 0.249. The van der Waals surface area contributed by atoms with Gasteiger partial charge in [0.1, 0.15) is 5.37 Å². The smallest absolute Gasteiger partial charge is 0.226 e. The monoisotopic (exact) mass is 302 g/mol. The van der Waals surface area contributed by atoms with E-state index in [2.05, 4.69) is 9.97 Å². The highest BCUT2D eigenvalue weighted by Gasteiger charge is 2.34. The van der Waals surface area contributed by atoms with Gasteiger partial charge in [-0.05, 0) is 6.07 Å². The Labute approximate surface area is 117 Å². The van der Waals surface area contributed by atoms with E-state index >= 15 is 0 Å². The Bertz CT molecular complexity index is 535. The molecule has 1 saturated heterocycles. The predicted molar refractivity (Wildman–Crippen MR) is 77.8 cm³/mol. The molecule has 0 amide bonds. The molecule has 1 aliphatic heterocycles. The van der Waals surface area contributed by atoms with Crippen LogP contribution in [0, 0.1) is 0 Å². The summed E-state index contributed by atoms with van der Waals surface area (Å²) in [6.45, 7) is 2.63. The Kier molecular flexibility index (Phi) is 4.64. The first-order valence-electron chi connectivity index (χ1n) is 6.16. The summed E-state index contributed by atoms with van der Waals surface area (Å²) >= 11 is 1.65. The van der Waals surface area contributed by atoms with Gasteiger partial charge >= 0.3 is 0 Å². The molecule has 0 spiro atoms. The summed E-state index contributed by atoms with van der Waals surface area (Å²) in [7, 11) is -3.14. The van der Waals surface area contributed by atoms with E-state index in [0.717, 1.165) is 11.4 Å². The minimum absolute atomic E-state index is 0.130. The standard InChI is InChI=1S/C11H18N4O2S2/c1-2-19(16,17)10-8-18-6-5-15(10)11-13-4-3-9(7-12)14-11/h3-4,10H,2,5-8,12H2,1H3. The largest absolute Gasteiger partial charge is 0.325 e. The van der Waals surface area contributed by atoms with Crippen LogP contribution in [0.2, 0.25) is 0 Å². The van der Waals surface area contributed by atoms with Crippen molar-refractivity contribution in [1.82, 2.24) is 9.97 Å². The molecule has 0 saturated carbocycles. The van der Waals surface area contributed by atoms with Crippen molar-refractivity contribution in [1.29, 1.82) is 0 Å². The van der Waals surface area contributed by atoms with Gasteiger partial charge in [-0.2, -0.15) is 11.8 Å². The van der Waals surface area contributed by atoms with Crippen LogP contribution in [0.1, 0.15) is 12.6 Å². The van der Waals surface area contributed by atoms with Crippen LogP contribution < -0.4 is 10.6 Å². The molecule has 0 aliphatic carbocycles. The maximum Gasteiger partial charge on any atom is 0.226 e. The van der Waals surface area contributed by atoms with Gasteiger partial charge in [0, 0.05) is 36.5 Å². The molecule has 8 heteroatoms. The van der Waals surface area contributed by atoms with Crippen molar-refractivity contribution < 1.29 is 8.42 Å². The number of nitrogens with two attached hydrogens (primary N) is 1. The summed E-state index contributed by atoms with van der Waals surface area (Å²) in [4.78, 5) is 10.3. The highest BCUT2D eigenvalue weighted by Crippen LogP contribution is 2.24. The minimum atomic E-state index is -3.14. The Hall–Kier alpha value is -0.860. The Morgan fingerprint density at radius 3 is 3.05 bits per heavy atom. The van der Waals surface area contributed by atoms with Crippen molar-refractivity contribution >= 4 is 27.5 Å². The zero-order valence-electron chi connectivity index (χ0n) is 10.8. The second-order valence-electron chi connectivity index (χ2n) is 4.23. The van der Waals surface area contributed by atoms with Gasteiger partial charge in [-0.25, -0.2) is 18.4 Å². The first-order chi connectivity index (χ1) is 9.08. The summed E-state index contributed by atoms with van der Waals surface area (Å²) in [5.74, 6) is 2.04. The van der Waals surface area contributed by atoms with Crippen molar-refractivity contribution in [2.45, 2.75) is 18.8 Å². The molecule has 0 radical (unpaired) electrons. The van der Waals surface area contributed by atoms with Crippen molar-refractivity contribution in [2.24, 2.45) is 5.73 Å². The van der Waals surface area contributed by atoms with Crippen LogP contribution in [0.4, 0.5) is 5.95 Å². The average Bonchev–Trinajstić information content (AvgIpc) is 2.47. The maximum atomic E-state index is 12.2. The van der Waals surface area contributed by atoms with E-state index in [1.807, 2.05) is 0 Å². The van der Waals surface area contributed by atoms with Gasteiger partial charge < -0.3 is 10.6 Å². The fraction of sp³-hybridized carbons (Fsp3) is 0.636. The highest BCUT2D eigenvalue weighted by atomic mass is 32.2. The van der Waals surface area contributed by atoms with Crippen molar-refractivity contribution in [3.8, 4) is 0 Å². The molecule has 106 valence electrons. The maximum absolute atomic E-state index is 12.2. The summed E-state index contributed by atoms with van der Waals surface area (Å²) < 4.78 is 24.3. The van der Waals surface area contributed by atoms with E-state index in [1.54, 1.807) is 35.8 Å². The van der Waals surface area contributed by atoms with E-state index in [9.17, 15) is 8.42 Å². The first-order valence-corrected chi connectivity index (χ1v) is 9.03. The number of nitrogens with zero attached hydrogens (tertiary/aromatic N) is 3. The lowest BCUT2D eigenvalue weighted by molar-refractivity contribution is 0.577. The van der Waals surface area contributed by atoms with E-state index in [4.69, 9.17) is 5.73 Å². The second-order valence-corrected chi connectivity index (χ2v) is 7.82. The molecule has 1 unspecified atom stereocenters. The lowest BCUT2D eigenvalue weighted by Crippen LogP contribution is -2.48. The quantitative estimate of drug-likeness (QED) is 0.852. The van der Waals surface area contributed by atoms with Crippen LogP contribution in [-0.2, 0) is 16.4 Å². The van der Waals surface area contributed by atoms with Crippen LogP contribution in [-0.4, -0.2) is 47.6 Å². The molecular weight excluding hydrogens is 284 g/mol. The van der Waals surface area contributed by atoms with Gasteiger partial charge in [0.2, 0.25) is 5.95 Å².